The molecule has 7 aliphatic carbocycles. The summed E-state index contributed by atoms with van der Waals surface area (Å²) in [5.74, 6) is 2.19. The van der Waals surface area contributed by atoms with Gasteiger partial charge in [-0.05, 0) is 117 Å². The quantitative estimate of drug-likeness (QED) is 0.309. The number of aromatic nitrogens is 2. The molecule has 7 aliphatic rings. The van der Waals surface area contributed by atoms with Crippen LogP contribution in [0, 0.1) is 28.6 Å². The van der Waals surface area contributed by atoms with Gasteiger partial charge >= 0.3 is 0 Å². The number of anilines is 1. The van der Waals surface area contributed by atoms with Gasteiger partial charge < -0.3 is 9.42 Å². The molecule has 1 heterocycles. The van der Waals surface area contributed by atoms with Crippen LogP contribution in [0.25, 0.3) is 11.1 Å². The van der Waals surface area contributed by atoms with Gasteiger partial charge in [0.2, 0.25) is 11.8 Å². The molecule has 3 aromatic rings. The van der Waals surface area contributed by atoms with Gasteiger partial charge in [-0.25, -0.2) is 4.39 Å². The first-order valence-electron chi connectivity index (χ1n) is 15.3. The van der Waals surface area contributed by atoms with E-state index in [-0.39, 0.29) is 28.6 Å². The van der Waals surface area contributed by atoms with Crippen LogP contribution in [-0.4, -0.2) is 28.3 Å². The van der Waals surface area contributed by atoms with Crippen molar-refractivity contribution in [3.05, 3.63) is 65.8 Å². The summed E-state index contributed by atoms with van der Waals surface area (Å²) in [5.41, 5.74) is 2.26. The van der Waals surface area contributed by atoms with Crippen LogP contribution in [0.5, 0.6) is 0 Å². The van der Waals surface area contributed by atoms with Gasteiger partial charge in [-0.15, -0.1) is 0 Å². The number of carbonyl (C=O) groups excluding carboxylic acids is 1. The van der Waals surface area contributed by atoms with Crippen molar-refractivity contribution in [2.24, 2.45) is 17.3 Å². The Morgan fingerprint density at radius 2 is 1.71 bits per heavy atom. The van der Waals surface area contributed by atoms with E-state index in [0.29, 0.717) is 37.3 Å². The number of hydrogen-bond acceptors (Lipinski definition) is 5. The molecule has 1 amide bonds. The van der Waals surface area contributed by atoms with E-state index in [1.165, 1.54) is 0 Å². The topological polar surface area (TPSA) is 83.0 Å². The number of halogens is 1. The molecule has 10 rings (SSSR count). The number of benzene rings is 2. The van der Waals surface area contributed by atoms with Crippen LogP contribution in [0.1, 0.15) is 93.8 Å². The third kappa shape index (κ3) is 4.21. The number of nitriles is 1. The van der Waals surface area contributed by atoms with E-state index in [4.69, 9.17) is 9.51 Å². The molecule has 210 valence electrons. The van der Waals surface area contributed by atoms with Crippen LogP contribution >= 0.6 is 0 Å². The summed E-state index contributed by atoms with van der Waals surface area (Å²) in [4.78, 5) is 21.1. The summed E-state index contributed by atoms with van der Waals surface area (Å²) >= 11 is 0. The molecule has 1 atom stereocenters. The summed E-state index contributed by atoms with van der Waals surface area (Å²) in [6.07, 6.45) is 9.79. The maximum Gasteiger partial charge on any atom is 0.232 e. The van der Waals surface area contributed by atoms with Crippen LogP contribution in [0.2, 0.25) is 0 Å². The van der Waals surface area contributed by atoms with Crippen LogP contribution in [0.15, 0.2) is 53.1 Å². The molecule has 1 aromatic heterocycles. The second-order valence-electron chi connectivity index (χ2n) is 13.8. The predicted octanol–water partition coefficient (Wildman–Crippen LogP) is 7.25. The Hall–Kier alpha value is -3.53. The van der Waals surface area contributed by atoms with Crippen molar-refractivity contribution in [1.82, 2.24) is 10.1 Å². The van der Waals surface area contributed by atoms with E-state index in [2.05, 4.69) is 17.3 Å². The van der Waals surface area contributed by atoms with Gasteiger partial charge in [0.1, 0.15) is 5.67 Å². The fourth-order valence-electron chi connectivity index (χ4n) is 8.41. The van der Waals surface area contributed by atoms with Crippen molar-refractivity contribution in [2.45, 2.75) is 87.6 Å². The SMILES string of the molecule is N#Cc1cccc(-c2cccc(N(CC34CCC(c5nc(C6CC6)no5)(CC3)CC4)C(=O)[C@@H]3CC4(F)CC3C4)c2)c1. The summed E-state index contributed by atoms with van der Waals surface area (Å²) in [7, 11) is 0. The maximum atomic E-state index is 15.0. The Morgan fingerprint density at radius 1 is 1.00 bits per heavy atom. The maximum absolute atomic E-state index is 15.0. The lowest BCUT2D eigenvalue weighted by Gasteiger charge is -2.53. The molecule has 0 unspecified atom stereocenters. The predicted molar refractivity (Wildman–Crippen MR) is 152 cm³/mol. The first-order chi connectivity index (χ1) is 19.9. The standard InChI is InChI=1S/C34H35FN4O2/c35-34-17-26(18-34)28(19-34)30(40)39(27-6-2-5-25(16-27)24-4-1-3-22(15-24)20-36)21-32-9-12-33(13-10-32,14-11-32)31-37-29(38-41-31)23-7-8-23/h1-6,15-16,23,26,28H,7-14,17-19,21H2/t26?,28-,32?,33?,34?/m1/s1. The molecule has 6 nitrogen and oxygen atoms in total. The van der Waals surface area contributed by atoms with E-state index < -0.39 is 5.67 Å². The summed E-state index contributed by atoms with van der Waals surface area (Å²) in [6, 6.07) is 17.9. The van der Waals surface area contributed by atoms with Crippen LogP contribution in [0.3, 0.4) is 0 Å². The molecular formula is C34H35FN4O2. The molecule has 4 bridgehead atoms. The third-order valence-corrected chi connectivity index (χ3v) is 11.2. The van der Waals surface area contributed by atoms with Crippen molar-refractivity contribution < 1.29 is 13.7 Å². The monoisotopic (exact) mass is 550 g/mol. The van der Waals surface area contributed by atoms with Gasteiger partial charge in [0, 0.05) is 29.5 Å². The molecule has 0 N–H and O–H groups in total. The van der Waals surface area contributed by atoms with Crippen LogP contribution in [0.4, 0.5) is 10.1 Å². The van der Waals surface area contributed by atoms with Crippen LogP contribution < -0.4 is 4.90 Å². The number of rotatable bonds is 7. The molecule has 41 heavy (non-hydrogen) atoms. The van der Waals surface area contributed by atoms with E-state index in [1.54, 1.807) is 6.07 Å². The molecule has 0 spiro atoms. The Balaban J connectivity index is 1.08. The molecule has 2 aromatic carbocycles. The Morgan fingerprint density at radius 3 is 2.37 bits per heavy atom. The number of alkyl halides is 1. The highest BCUT2D eigenvalue weighted by Crippen LogP contribution is 2.60. The van der Waals surface area contributed by atoms with Gasteiger partial charge in [-0.1, -0.05) is 29.4 Å². The zero-order valence-electron chi connectivity index (χ0n) is 23.3. The van der Waals surface area contributed by atoms with Crippen molar-refractivity contribution >= 4 is 11.6 Å². The van der Waals surface area contributed by atoms with Gasteiger partial charge in [0.15, 0.2) is 5.82 Å². The molecule has 7 fully saturated rings. The Kier molecular flexibility index (Phi) is 5.52. The number of amides is 1. The van der Waals surface area contributed by atoms with Gasteiger partial charge in [0.05, 0.1) is 11.6 Å². The molecule has 0 saturated heterocycles. The first kappa shape index (κ1) is 25.2. The van der Waals surface area contributed by atoms with Crippen molar-refractivity contribution in [2.75, 3.05) is 11.4 Å². The number of carbonyl (C=O) groups is 1. The lowest BCUT2D eigenvalue weighted by atomic mass is 9.53. The second-order valence-corrected chi connectivity index (χ2v) is 13.8. The smallest absolute Gasteiger partial charge is 0.232 e. The summed E-state index contributed by atoms with van der Waals surface area (Å²) in [5, 5.41) is 13.7. The normalized spacial score (nSPS) is 33.3. The number of nitrogens with zero attached hydrogens (tertiary/aromatic N) is 4. The van der Waals surface area contributed by atoms with E-state index in [0.717, 1.165) is 79.9 Å². The minimum absolute atomic E-state index is 0.0302. The Labute approximate surface area is 239 Å². The zero-order valence-corrected chi connectivity index (χ0v) is 23.3. The summed E-state index contributed by atoms with van der Waals surface area (Å²) < 4.78 is 20.8. The van der Waals surface area contributed by atoms with Gasteiger partial charge in [0.25, 0.3) is 0 Å². The minimum atomic E-state index is -1.15. The van der Waals surface area contributed by atoms with Crippen molar-refractivity contribution in [3.8, 4) is 17.2 Å². The highest BCUT2D eigenvalue weighted by Gasteiger charge is 2.60. The molecule has 0 aliphatic heterocycles. The summed E-state index contributed by atoms with van der Waals surface area (Å²) in [6.45, 7) is 0.656. The fourth-order valence-corrected chi connectivity index (χ4v) is 8.41. The minimum Gasteiger partial charge on any atom is -0.339 e. The third-order valence-electron chi connectivity index (χ3n) is 11.2. The van der Waals surface area contributed by atoms with E-state index in [1.807, 2.05) is 41.3 Å². The largest absolute Gasteiger partial charge is 0.339 e. The highest BCUT2D eigenvalue weighted by atomic mass is 19.1. The molecule has 7 saturated carbocycles. The average molecular weight is 551 g/mol. The van der Waals surface area contributed by atoms with Gasteiger partial charge in [-0.3, -0.25) is 4.79 Å². The lowest BCUT2D eigenvalue weighted by Crippen LogP contribution is -2.51. The van der Waals surface area contributed by atoms with E-state index in [9.17, 15) is 14.4 Å². The number of fused-ring (bicyclic) bond motifs is 4. The Bertz CT molecular complexity index is 1540. The molecule has 0 radical (unpaired) electrons. The average Bonchev–Trinajstić information content (AvgIpc) is 3.48. The second kappa shape index (κ2) is 8.98. The highest BCUT2D eigenvalue weighted by molar-refractivity contribution is 5.96. The van der Waals surface area contributed by atoms with Crippen molar-refractivity contribution in [3.63, 3.8) is 0 Å². The van der Waals surface area contributed by atoms with E-state index >= 15 is 0 Å². The zero-order chi connectivity index (χ0) is 27.8. The lowest BCUT2D eigenvalue weighted by molar-refractivity contribution is -0.123. The number of hydrogen-bond donors (Lipinski definition) is 0. The fraction of sp³-hybridized carbons (Fsp3) is 0.529. The first-order valence-corrected chi connectivity index (χ1v) is 15.3. The van der Waals surface area contributed by atoms with Gasteiger partial charge in [-0.2, -0.15) is 10.2 Å². The van der Waals surface area contributed by atoms with Crippen molar-refractivity contribution in [1.29, 1.82) is 5.26 Å². The van der Waals surface area contributed by atoms with Crippen LogP contribution in [-0.2, 0) is 10.2 Å². The molecular weight excluding hydrogens is 515 g/mol. The molecule has 7 heteroatoms.